The molecule has 30 heavy (non-hydrogen) atoms. The van der Waals surface area contributed by atoms with Gasteiger partial charge in [0.2, 0.25) is 0 Å². The summed E-state index contributed by atoms with van der Waals surface area (Å²) in [5.74, 6) is 0.624. The van der Waals surface area contributed by atoms with Crippen LogP contribution >= 0.6 is 0 Å². The van der Waals surface area contributed by atoms with Crippen LogP contribution in [0, 0.1) is 6.92 Å². The van der Waals surface area contributed by atoms with Gasteiger partial charge < -0.3 is 24.7 Å². The van der Waals surface area contributed by atoms with E-state index < -0.39 is 0 Å². The van der Waals surface area contributed by atoms with Crippen LogP contribution in [-0.4, -0.2) is 74.8 Å². The molecule has 0 saturated carbocycles. The van der Waals surface area contributed by atoms with E-state index in [1.54, 1.807) is 11.0 Å². The number of aromatic hydroxyl groups is 1. The third-order valence-electron chi connectivity index (χ3n) is 6.62. The number of carbonyl (C=O) groups excluding carboxylic acids is 1. The number of phenols is 1. The van der Waals surface area contributed by atoms with Gasteiger partial charge in [-0.05, 0) is 24.6 Å². The minimum atomic E-state index is 0.288. The molecule has 4 rings (SSSR count). The van der Waals surface area contributed by atoms with Crippen molar-refractivity contribution >= 4 is 11.6 Å². The third kappa shape index (κ3) is 4.94. The lowest BCUT2D eigenvalue weighted by Crippen LogP contribution is -3.16. The maximum atomic E-state index is 12.8. The number of nitrogens with zero attached hydrogens (tertiary/aromatic N) is 2. The lowest BCUT2D eigenvalue weighted by molar-refractivity contribution is -0.918. The molecule has 0 aromatic heterocycles. The zero-order valence-electron chi connectivity index (χ0n) is 17.9. The van der Waals surface area contributed by atoms with Crippen molar-refractivity contribution in [1.82, 2.24) is 4.90 Å². The highest BCUT2D eigenvalue weighted by atomic mass is 16.3. The number of rotatable bonds is 5. The number of phenolic OH excluding ortho intramolecular Hbond substituents is 1. The number of piperazine rings is 2. The van der Waals surface area contributed by atoms with E-state index in [1.165, 1.54) is 16.0 Å². The van der Waals surface area contributed by atoms with Crippen LogP contribution in [0.2, 0.25) is 0 Å². The molecular formula is C24H34N4O2+2. The first-order chi connectivity index (χ1) is 14.6. The number of carbonyl (C=O) groups is 1. The van der Waals surface area contributed by atoms with Gasteiger partial charge in [0, 0.05) is 5.56 Å². The second-order valence-electron chi connectivity index (χ2n) is 8.64. The predicted molar refractivity (Wildman–Crippen MR) is 118 cm³/mol. The second-order valence-corrected chi connectivity index (χ2v) is 8.64. The number of amides is 1. The number of hydrogen-bond donors (Lipinski definition) is 3. The Hall–Kier alpha value is -2.57. The maximum Gasteiger partial charge on any atom is 0.278 e. The molecule has 1 amide bonds. The first-order valence-electron chi connectivity index (χ1n) is 11.1. The molecular weight excluding hydrogens is 376 g/mol. The van der Waals surface area contributed by atoms with Crippen LogP contribution < -0.4 is 14.7 Å². The molecule has 6 nitrogen and oxygen atoms in total. The average molecular weight is 411 g/mol. The van der Waals surface area contributed by atoms with E-state index in [1.807, 2.05) is 18.2 Å². The minimum absolute atomic E-state index is 0.288. The van der Waals surface area contributed by atoms with Crippen molar-refractivity contribution in [3.8, 4) is 5.75 Å². The smallest absolute Gasteiger partial charge is 0.278 e. The van der Waals surface area contributed by atoms with Crippen molar-refractivity contribution in [1.29, 1.82) is 0 Å². The van der Waals surface area contributed by atoms with Crippen LogP contribution in [-0.2, 0) is 11.3 Å². The summed E-state index contributed by atoms with van der Waals surface area (Å²) in [6.45, 7) is 11.2. The Morgan fingerprint density at radius 2 is 1.53 bits per heavy atom. The van der Waals surface area contributed by atoms with E-state index in [0.717, 1.165) is 64.6 Å². The fraction of sp³-hybridized carbons (Fsp3) is 0.458. The largest absolute Gasteiger partial charge is 0.506 e. The predicted octanol–water partition coefficient (Wildman–Crippen LogP) is -0.667. The molecule has 0 aliphatic carbocycles. The Morgan fingerprint density at radius 1 is 0.900 bits per heavy atom. The fourth-order valence-corrected chi connectivity index (χ4v) is 4.62. The molecule has 0 unspecified atom stereocenters. The maximum absolute atomic E-state index is 12.8. The molecule has 0 atom stereocenters. The van der Waals surface area contributed by atoms with Crippen LogP contribution in [0.3, 0.4) is 0 Å². The van der Waals surface area contributed by atoms with Gasteiger partial charge in [0.1, 0.15) is 12.3 Å². The molecule has 160 valence electrons. The van der Waals surface area contributed by atoms with E-state index in [-0.39, 0.29) is 5.91 Å². The van der Waals surface area contributed by atoms with Crippen molar-refractivity contribution < 1.29 is 19.7 Å². The molecule has 0 bridgehead atoms. The number of benzene rings is 2. The lowest BCUT2D eigenvalue weighted by Gasteiger charge is -2.36. The molecule has 6 heteroatoms. The molecule has 2 aliphatic heterocycles. The summed E-state index contributed by atoms with van der Waals surface area (Å²) in [6.07, 6.45) is 0. The summed E-state index contributed by atoms with van der Waals surface area (Å²) in [6, 6.07) is 16.1. The summed E-state index contributed by atoms with van der Waals surface area (Å²) in [5, 5.41) is 10.1. The van der Waals surface area contributed by atoms with Gasteiger partial charge in [0.25, 0.3) is 5.91 Å². The topological polar surface area (TPSA) is 52.7 Å². The number of anilines is 1. The second kappa shape index (κ2) is 9.49. The zero-order chi connectivity index (χ0) is 20.9. The summed E-state index contributed by atoms with van der Waals surface area (Å²) >= 11 is 0. The molecule has 2 heterocycles. The van der Waals surface area contributed by atoms with Crippen molar-refractivity contribution in [2.75, 3.05) is 63.8 Å². The van der Waals surface area contributed by atoms with Crippen molar-refractivity contribution in [2.45, 2.75) is 13.5 Å². The number of para-hydroxylation sites is 2. The highest BCUT2D eigenvalue weighted by Gasteiger charge is 2.29. The first-order valence-corrected chi connectivity index (χ1v) is 11.1. The van der Waals surface area contributed by atoms with Gasteiger partial charge in [0.15, 0.2) is 6.54 Å². The van der Waals surface area contributed by atoms with Gasteiger partial charge in [-0.15, -0.1) is 0 Å². The normalized spacial score (nSPS) is 18.6. The van der Waals surface area contributed by atoms with E-state index in [4.69, 9.17) is 0 Å². The van der Waals surface area contributed by atoms with E-state index in [2.05, 4.69) is 41.0 Å². The first kappa shape index (κ1) is 20.7. The Kier molecular flexibility index (Phi) is 6.55. The van der Waals surface area contributed by atoms with Crippen LogP contribution in [0.15, 0.2) is 48.5 Å². The molecule has 2 aromatic carbocycles. The third-order valence-corrected chi connectivity index (χ3v) is 6.62. The fourth-order valence-electron chi connectivity index (χ4n) is 4.62. The number of hydrogen-bond acceptors (Lipinski definition) is 3. The van der Waals surface area contributed by atoms with Crippen molar-refractivity contribution in [2.24, 2.45) is 0 Å². The Morgan fingerprint density at radius 3 is 2.23 bits per heavy atom. The highest BCUT2D eigenvalue weighted by Crippen LogP contribution is 2.25. The molecule has 3 N–H and O–H groups in total. The number of quaternary nitrogens is 2. The van der Waals surface area contributed by atoms with Crippen molar-refractivity contribution in [3.05, 3.63) is 59.7 Å². The monoisotopic (exact) mass is 410 g/mol. The Labute approximate surface area is 179 Å². The summed E-state index contributed by atoms with van der Waals surface area (Å²) < 4.78 is 0. The van der Waals surface area contributed by atoms with Crippen LogP contribution in [0.4, 0.5) is 5.69 Å². The van der Waals surface area contributed by atoms with Gasteiger partial charge >= 0.3 is 0 Å². The summed E-state index contributed by atoms with van der Waals surface area (Å²) in [4.78, 5) is 20.0. The summed E-state index contributed by atoms with van der Waals surface area (Å²) in [7, 11) is 0. The van der Waals surface area contributed by atoms with Gasteiger partial charge in [0.05, 0.1) is 58.0 Å². The Bertz CT molecular complexity index is 856. The highest BCUT2D eigenvalue weighted by molar-refractivity contribution is 5.77. The van der Waals surface area contributed by atoms with Gasteiger partial charge in [-0.3, -0.25) is 4.79 Å². The Balaban J connectivity index is 1.21. The molecule has 2 aromatic rings. The zero-order valence-corrected chi connectivity index (χ0v) is 17.9. The molecule has 2 saturated heterocycles. The molecule has 2 aliphatic rings. The van der Waals surface area contributed by atoms with E-state index in [0.29, 0.717) is 12.3 Å². The lowest BCUT2D eigenvalue weighted by atomic mass is 10.1. The van der Waals surface area contributed by atoms with Crippen LogP contribution in [0.5, 0.6) is 5.75 Å². The molecule has 0 radical (unpaired) electrons. The van der Waals surface area contributed by atoms with E-state index in [9.17, 15) is 9.90 Å². The number of nitrogens with one attached hydrogen (secondary N) is 2. The van der Waals surface area contributed by atoms with Crippen LogP contribution in [0.1, 0.15) is 11.1 Å². The quantitative estimate of drug-likeness (QED) is 0.613. The standard InChI is InChI=1S/C24H32N4O2/c1-20-6-2-3-7-21(20)18-25-12-16-28(17-13-25)24(30)19-26-10-14-27(15-11-26)22-8-4-5-9-23(22)29/h2-9,29H,10-19H2,1H3/p+2. The summed E-state index contributed by atoms with van der Waals surface area (Å²) in [5.41, 5.74) is 3.67. The van der Waals surface area contributed by atoms with Crippen molar-refractivity contribution in [3.63, 3.8) is 0 Å². The molecule has 0 spiro atoms. The molecule has 2 fully saturated rings. The average Bonchev–Trinajstić information content (AvgIpc) is 2.77. The van der Waals surface area contributed by atoms with Crippen LogP contribution in [0.25, 0.3) is 0 Å². The SMILES string of the molecule is Cc1ccccc1C[NH+]1CCN(C(=O)C[NH+]2CCN(c3ccccc3O)CC2)CC1. The van der Waals surface area contributed by atoms with E-state index >= 15 is 0 Å². The minimum Gasteiger partial charge on any atom is -0.506 e. The van der Waals surface area contributed by atoms with Gasteiger partial charge in [-0.2, -0.15) is 0 Å². The van der Waals surface area contributed by atoms with Gasteiger partial charge in [-0.1, -0.05) is 36.4 Å². The van der Waals surface area contributed by atoms with Gasteiger partial charge in [-0.25, -0.2) is 0 Å². The number of aryl methyl sites for hydroxylation is 1.